The summed E-state index contributed by atoms with van der Waals surface area (Å²) >= 11 is 0. The fourth-order valence-corrected chi connectivity index (χ4v) is 2.71. The number of carbonyl (C=O) groups excluding carboxylic acids is 1. The summed E-state index contributed by atoms with van der Waals surface area (Å²) in [5.41, 5.74) is 2.98. The van der Waals surface area contributed by atoms with E-state index in [9.17, 15) is 15.2 Å². The number of allylic oxidation sites excluding steroid dienone is 2. The molecule has 0 radical (unpaired) electrons. The van der Waals surface area contributed by atoms with E-state index in [-0.39, 0.29) is 22.8 Å². The Hall–Kier alpha value is -3.72. The lowest BCUT2D eigenvalue weighted by atomic mass is 10.1. The van der Waals surface area contributed by atoms with Gasteiger partial charge in [0.15, 0.2) is 11.5 Å². The highest BCUT2D eigenvalue weighted by Gasteiger charge is 2.10. The summed E-state index contributed by atoms with van der Waals surface area (Å²) in [5.74, 6) is 0.0174. The summed E-state index contributed by atoms with van der Waals surface area (Å²) < 4.78 is 10.2. The lowest BCUT2D eigenvalue weighted by Crippen LogP contribution is -2.26. The van der Waals surface area contributed by atoms with Gasteiger partial charge in [0, 0.05) is 6.54 Å². The van der Waals surface area contributed by atoms with E-state index in [1.165, 1.54) is 25.9 Å². The molecule has 0 unspecified atom stereocenters. The van der Waals surface area contributed by atoms with Gasteiger partial charge in [-0.1, -0.05) is 42.0 Å². The number of amides is 1. The summed E-state index contributed by atoms with van der Waals surface area (Å²) in [4.78, 5) is 12.2. The van der Waals surface area contributed by atoms with E-state index in [1.54, 1.807) is 24.3 Å². The molecule has 0 heterocycles. The number of rotatable bonds is 8. The number of aryl methyl sites for hydroxylation is 1. The molecule has 1 amide bonds. The zero-order valence-electron chi connectivity index (χ0n) is 16.7. The second-order valence-corrected chi connectivity index (χ2v) is 6.32. The number of hydrogen-bond acceptors (Lipinski definition) is 5. The summed E-state index contributed by atoms with van der Waals surface area (Å²) in [5, 5.41) is 22.0. The fourth-order valence-electron chi connectivity index (χ4n) is 2.71. The largest absolute Gasteiger partial charge is 0.502 e. The first-order valence-electron chi connectivity index (χ1n) is 9.05. The molecule has 150 valence electrons. The van der Waals surface area contributed by atoms with Crippen molar-refractivity contribution in [2.75, 3.05) is 20.8 Å². The third kappa shape index (κ3) is 6.15. The average Bonchev–Trinajstić information content (AvgIpc) is 2.72. The lowest BCUT2D eigenvalue weighted by molar-refractivity contribution is -0.117. The van der Waals surface area contributed by atoms with E-state index < -0.39 is 5.91 Å². The minimum absolute atomic E-state index is 0.00296. The van der Waals surface area contributed by atoms with Gasteiger partial charge in [-0.3, -0.25) is 4.79 Å². The molecule has 0 aliphatic rings. The Kier molecular flexibility index (Phi) is 7.87. The quantitative estimate of drug-likeness (QED) is 0.407. The lowest BCUT2D eigenvalue weighted by Gasteiger charge is -2.09. The molecule has 0 aromatic heterocycles. The highest BCUT2D eigenvalue weighted by atomic mass is 16.5. The highest BCUT2D eigenvalue weighted by Crippen LogP contribution is 2.37. The van der Waals surface area contributed by atoms with Gasteiger partial charge in [0.1, 0.15) is 11.6 Å². The molecule has 2 N–H and O–H groups in total. The van der Waals surface area contributed by atoms with Crippen molar-refractivity contribution in [1.82, 2.24) is 5.32 Å². The molecular weight excluding hydrogens is 368 g/mol. The number of phenolic OH excluding ortho intramolecular Hbond substituents is 1. The van der Waals surface area contributed by atoms with Gasteiger partial charge in [-0.15, -0.1) is 0 Å². The van der Waals surface area contributed by atoms with Gasteiger partial charge in [-0.25, -0.2) is 0 Å². The Balaban J connectivity index is 2.02. The summed E-state index contributed by atoms with van der Waals surface area (Å²) in [6.45, 7) is 2.46. The van der Waals surface area contributed by atoms with E-state index in [0.29, 0.717) is 18.5 Å². The molecular formula is C23H24N2O4. The fraction of sp³-hybridized carbons (Fsp3) is 0.217. The molecule has 0 saturated carbocycles. The van der Waals surface area contributed by atoms with Crippen LogP contribution in [0.15, 0.2) is 54.1 Å². The van der Waals surface area contributed by atoms with Crippen LogP contribution in [-0.4, -0.2) is 31.8 Å². The maximum Gasteiger partial charge on any atom is 0.261 e. The van der Waals surface area contributed by atoms with Crippen molar-refractivity contribution in [3.63, 3.8) is 0 Å². The zero-order chi connectivity index (χ0) is 21.2. The number of ether oxygens (including phenoxy) is 2. The first-order chi connectivity index (χ1) is 14.0. The average molecular weight is 392 g/mol. The van der Waals surface area contributed by atoms with Crippen LogP contribution in [0.1, 0.15) is 16.7 Å². The van der Waals surface area contributed by atoms with Crippen LogP contribution in [0.5, 0.6) is 17.2 Å². The normalized spacial score (nSPS) is 11.2. The Morgan fingerprint density at radius 1 is 1.21 bits per heavy atom. The topological polar surface area (TPSA) is 91.6 Å². The van der Waals surface area contributed by atoms with E-state index >= 15 is 0 Å². The molecule has 2 aromatic carbocycles. The molecule has 6 heteroatoms. The van der Waals surface area contributed by atoms with Crippen LogP contribution in [0, 0.1) is 18.3 Å². The first-order valence-corrected chi connectivity index (χ1v) is 9.05. The molecule has 6 nitrogen and oxygen atoms in total. The van der Waals surface area contributed by atoms with Crippen LogP contribution in [0.4, 0.5) is 0 Å². The van der Waals surface area contributed by atoms with Crippen LogP contribution in [0.3, 0.4) is 0 Å². The van der Waals surface area contributed by atoms with Gasteiger partial charge >= 0.3 is 0 Å². The van der Waals surface area contributed by atoms with Crippen molar-refractivity contribution in [2.45, 2.75) is 13.3 Å². The number of aromatic hydroxyl groups is 1. The minimum atomic E-state index is -0.425. The summed E-state index contributed by atoms with van der Waals surface area (Å²) in [6, 6.07) is 13.2. The monoisotopic (exact) mass is 392 g/mol. The van der Waals surface area contributed by atoms with E-state index in [0.717, 1.165) is 5.56 Å². The smallest absolute Gasteiger partial charge is 0.261 e. The number of nitrogens with one attached hydrogen (secondary N) is 1. The first kappa shape index (κ1) is 21.6. The van der Waals surface area contributed by atoms with E-state index in [1.807, 2.05) is 31.2 Å². The molecule has 0 atom stereocenters. The number of phenols is 1. The van der Waals surface area contributed by atoms with Crippen molar-refractivity contribution < 1.29 is 19.4 Å². The van der Waals surface area contributed by atoms with Gasteiger partial charge in [-0.05, 0) is 42.7 Å². The maximum absolute atomic E-state index is 12.2. The Labute approximate surface area is 170 Å². The van der Waals surface area contributed by atoms with Crippen LogP contribution < -0.4 is 14.8 Å². The van der Waals surface area contributed by atoms with Crippen molar-refractivity contribution in [1.29, 1.82) is 5.26 Å². The second kappa shape index (κ2) is 10.6. The number of carbonyl (C=O) groups is 1. The van der Waals surface area contributed by atoms with Crippen LogP contribution >= 0.6 is 0 Å². The van der Waals surface area contributed by atoms with Crippen molar-refractivity contribution >= 4 is 12.0 Å². The highest BCUT2D eigenvalue weighted by molar-refractivity contribution is 5.97. The Morgan fingerprint density at radius 3 is 2.48 bits per heavy atom. The summed E-state index contributed by atoms with van der Waals surface area (Å²) in [6.07, 6.45) is 5.40. The number of nitrogens with zero attached hydrogens (tertiary/aromatic N) is 1. The van der Waals surface area contributed by atoms with E-state index in [2.05, 4.69) is 11.4 Å². The standard InChI is InChI=1S/C23H24N2O4/c1-16-6-4-7-17(12-16)10-11-25-23(27)19(15-24)9-5-8-18-13-20(28-2)22(26)21(14-18)29-3/h4-9,12-14,26H,10-11H2,1-3H3,(H,25,27)/b8-5+,19-9+. The molecule has 0 aliphatic carbocycles. The molecule has 0 aliphatic heterocycles. The zero-order valence-corrected chi connectivity index (χ0v) is 16.7. The molecule has 0 bridgehead atoms. The van der Waals surface area contributed by atoms with Crippen LogP contribution in [0.25, 0.3) is 6.08 Å². The van der Waals surface area contributed by atoms with Crippen molar-refractivity contribution in [2.24, 2.45) is 0 Å². The molecule has 2 aromatic rings. The van der Waals surface area contributed by atoms with Crippen LogP contribution in [0.2, 0.25) is 0 Å². The van der Waals surface area contributed by atoms with Crippen molar-refractivity contribution in [3.8, 4) is 23.3 Å². The summed E-state index contributed by atoms with van der Waals surface area (Å²) in [7, 11) is 2.88. The predicted octanol–water partition coefficient (Wildman–Crippen LogP) is 3.54. The number of hydrogen-bond donors (Lipinski definition) is 2. The SMILES string of the molecule is COc1cc(/C=C/C=C(\C#N)C(=O)NCCc2cccc(C)c2)cc(OC)c1O. The Bertz CT molecular complexity index is 946. The predicted molar refractivity (Wildman–Crippen MR) is 112 cm³/mol. The molecule has 0 saturated heterocycles. The maximum atomic E-state index is 12.2. The molecule has 0 spiro atoms. The van der Waals surface area contributed by atoms with Gasteiger partial charge < -0.3 is 19.9 Å². The Morgan fingerprint density at radius 2 is 1.90 bits per heavy atom. The minimum Gasteiger partial charge on any atom is -0.502 e. The van der Waals surface area contributed by atoms with Crippen molar-refractivity contribution in [3.05, 3.63) is 70.8 Å². The van der Waals surface area contributed by atoms with Gasteiger partial charge in [-0.2, -0.15) is 5.26 Å². The number of methoxy groups -OCH3 is 2. The van der Waals surface area contributed by atoms with Gasteiger partial charge in [0.05, 0.1) is 14.2 Å². The van der Waals surface area contributed by atoms with Gasteiger partial charge in [0.2, 0.25) is 5.75 Å². The molecule has 2 rings (SSSR count). The number of nitriles is 1. The molecule has 29 heavy (non-hydrogen) atoms. The van der Waals surface area contributed by atoms with Gasteiger partial charge in [0.25, 0.3) is 5.91 Å². The second-order valence-electron chi connectivity index (χ2n) is 6.32. The molecule has 0 fully saturated rings. The number of benzene rings is 2. The van der Waals surface area contributed by atoms with E-state index in [4.69, 9.17) is 9.47 Å². The third-order valence-corrected chi connectivity index (χ3v) is 4.20. The third-order valence-electron chi connectivity index (χ3n) is 4.20. The van der Waals surface area contributed by atoms with Crippen LogP contribution in [-0.2, 0) is 11.2 Å².